The van der Waals surface area contributed by atoms with E-state index in [9.17, 15) is 0 Å². The molecule has 0 spiro atoms. The zero-order valence-corrected chi connectivity index (χ0v) is 18.9. The minimum absolute atomic E-state index is 0.160. The molecule has 29 heavy (non-hydrogen) atoms. The second kappa shape index (κ2) is 9.50. The maximum Gasteiger partial charge on any atom is 0.125 e. The van der Waals surface area contributed by atoms with Crippen molar-refractivity contribution in [1.82, 2.24) is 0 Å². The molecule has 0 radical (unpaired) electrons. The molecule has 3 rings (SSSR count). The number of ether oxygens (including phenoxy) is 1. The van der Waals surface area contributed by atoms with Gasteiger partial charge in [0.2, 0.25) is 0 Å². The summed E-state index contributed by atoms with van der Waals surface area (Å²) in [4.78, 5) is 0. The monoisotopic (exact) mass is 406 g/mol. The largest absolute Gasteiger partial charge is 0.496 e. The van der Waals surface area contributed by atoms with Crippen molar-refractivity contribution in [3.05, 3.63) is 87.9 Å². The zero-order valence-electron chi connectivity index (χ0n) is 18.1. The van der Waals surface area contributed by atoms with E-state index >= 15 is 0 Å². The predicted octanol–water partition coefficient (Wildman–Crippen LogP) is 8.38. The molecule has 0 aliphatic rings. The van der Waals surface area contributed by atoms with E-state index in [1.165, 1.54) is 40.7 Å². The van der Waals surface area contributed by atoms with Crippen molar-refractivity contribution in [1.29, 1.82) is 0 Å². The minimum Gasteiger partial charge on any atom is -0.496 e. The van der Waals surface area contributed by atoms with E-state index in [1.807, 2.05) is 6.07 Å². The maximum atomic E-state index is 6.46. The van der Waals surface area contributed by atoms with Gasteiger partial charge < -0.3 is 4.74 Å². The number of hydrogen-bond donors (Lipinski definition) is 0. The Morgan fingerprint density at radius 3 is 2.28 bits per heavy atom. The molecular formula is C27H31ClO. The summed E-state index contributed by atoms with van der Waals surface area (Å²) in [7, 11) is 1.75. The first-order valence-electron chi connectivity index (χ1n) is 10.5. The predicted molar refractivity (Wildman–Crippen MR) is 125 cm³/mol. The molecule has 0 heterocycles. The van der Waals surface area contributed by atoms with Crippen LogP contribution in [0.25, 0.3) is 11.1 Å². The number of halogens is 1. The SMILES string of the molecule is CCCC(C)c1ccccc1-c1ccc(Cl)cc1C(C)c1cccc(C)c1OC. The highest BCUT2D eigenvalue weighted by Gasteiger charge is 2.21. The fraction of sp³-hybridized carbons (Fsp3) is 0.333. The third kappa shape index (κ3) is 4.51. The van der Waals surface area contributed by atoms with E-state index in [4.69, 9.17) is 16.3 Å². The number of para-hydroxylation sites is 1. The molecule has 0 aliphatic heterocycles. The lowest BCUT2D eigenvalue weighted by molar-refractivity contribution is 0.405. The van der Waals surface area contributed by atoms with Crippen LogP contribution < -0.4 is 4.74 Å². The second-order valence-electron chi connectivity index (χ2n) is 7.93. The summed E-state index contributed by atoms with van der Waals surface area (Å²) >= 11 is 6.46. The molecule has 2 heteroatoms. The Labute approximate surface area is 180 Å². The molecule has 0 amide bonds. The smallest absolute Gasteiger partial charge is 0.125 e. The van der Waals surface area contributed by atoms with E-state index in [0.717, 1.165) is 16.3 Å². The standard InChI is InChI=1S/C27H31ClO/c1-6-10-18(2)22-12-7-8-13-24(22)25-16-15-21(28)17-26(25)20(4)23-14-9-11-19(3)27(23)29-5/h7-9,11-18,20H,6,10H2,1-5H3. The lowest BCUT2D eigenvalue weighted by atomic mass is 9.82. The number of hydrogen-bond acceptors (Lipinski definition) is 1. The average Bonchev–Trinajstić information content (AvgIpc) is 2.73. The molecule has 0 aromatic heterocycles. The van der Waals surface area contributed by atoms with Crippen molar-refractivity contribution in [2.75, 3.05) is 7.11 Å². The van der Waals surface area contributed by atoms with Gasteiger partial charge in [0, 0.05) is 16.5 Å². The van der Waals surface area contributed by atoms with Gasteiger partial charge in [0.25, 0.3) is 0 Å². The highest BCUT2D eigenvalue weighted by atomic mass is 35.5. The van der Waals surface area contributed by atoms with Crippen molar-refractivity contribution in [3.8, 4) is 16.9 Å². The summed E-state index contributed by atoms with van der Waals surface area (Å²) in [6, 6.07) is 21.4. The quantitative estimate of drug-likeness (QED) is 0.382. The third-order valence-corrected chi connectivity index (χ3v) is 6.13. The Hall–Kier alpha value is -2.25. The van der Waals surface area contributed by atoms with Crippen LogP contribution in [0.5, 0.6) is 5.75 Å². The maximum absolute atomic E-state index is 6.46. The molecule has 0 saturated carbocycles. The highest BCUT2D eigenvalue weighted by Crippen LogP contribution is 2.41. The Morgan fingerprint density at radius 2 is 1.55 bits per heavy atom. The topological polar surface area (TPSA) is 9.23 Å². The van der Waals surface area contributed by atoms with Crippen molar-refractivity contribution >= 4 is 11.6 Å². The van der Waals surface area contributed by atoms with Gasteiger partial charge in [-0.3, -0.25) is 0 Å². The zero-order chi connectivity index (χ0) is 21.0. The van der Waals surface area contributed by atoms with Crippen molar-refractivity contribution in [2.45, 2.75) is 52.4 Å². The van der Waals surface area contributed by atoms with E-state index < -0.39 is 0 Å². The van der Waals surface area contributed by atoms with E-state index in [1.54, 1.807) is 7.11 Å². The first kappa shape index (κ1) is 21.5. The van der Waals surface area contributed by atoms with Crippen molar-refractivity contribution in [3.63, 3.8) is 0 Å². The van der Waals surface area contributed by atoms with Gasteiger partial charge in [-0.25, -0.2) is 0 Å². The fourth-order valence-electron chi connectivity index (χ4n) is 4.36. The van der Waals surface area contributed by atoms with Gasteiger partial charge in [0.15, 0.2) is 0 Å². The van der Waals surface area contributed by atoms with Gasteiger partial charge in [-0.1, -0.05) is 87.3 Å². The minimum atomic E-state index is 0.160. The highest BCUT2D eigenvalue weighted by molar-refractivity contribution is 6.30. The summed E-state index contributed by atoms with van der Waals surface area (Å²) in [5, 5.41) is 0.765. The van der Waals surface area contributed by atoms with Crippen molar-refractivity contribution < 1.29 is 4.74 Å². The first-order valence-corrected chi connectivity index (χ1v) is 10.9. The summed E-state index contributed by atoms with van der Waals surface area (Å²) in [6.45, 7) is 8.91. The molecule has 2 unspecified atom stereocenters. The van der Waals surface area contributed by atoms with Crippen LogP contribution in [0.4, 0.5) is 0 Å². The van der Waals surface area contributed by atoms with Gasteiger partial charge in [-0.15, -0.1) is 0 Å². The summed E-state index contributed by atoms with van der Waals surface area (Å²) in [5.41, 5.74) is 7.54. The Balaban J connectivity index is 2.18. The molecule has 2 atom stereocenters. The molecule has 0 N–H and O–H groups in total. The van der Waals surface area contributed by atoms with Gasteiger partial charge in [0.1, 0.15) is 5.75 Å². The van der Waals surface area contributed by atoms with E-state index in [-0.39, 0.29) is 5.92 Å². The van der Waals surface area contributed by atoms with Crippen LogP contribution >= 0.6 is 11.6 Å². The number of rotatable bonds is 7. The normalized spacial score (nSPS) is 13.2. The Bertz CT molecular complexity index is 976. The van der Waals surface area contributed by atoms with E-state index in [0.29, 0.717) is 5.92 Å². The molecule has 1 nitrogen and oxygen atoms in total. The molecule has 3 aromatic carbocycles. The summed E-state index contributed by atoms with van der Waals surface area (Å²) < 4.78 is 5.76. The third-order valence-electron chi connectivity index (χ3n) is 5.90. The van der Waals surface area contributed by atoms with Gasteiger partial charge in [-0.05, 0) is 59.2 Å². The molecule has 0 bridgehead atoms. The number of aryl methyl sites for hydroxylation is 1. The van der Waals surface area contributed by atoms with Crippen molar-refractivity contribution in [2.24, 2.45) is 0 Å². The lowest BCUT2D eigenvalue weighted by Crippen LogP contribution is -2.04. The molecular weight excluding hydrogens is 376 g/mol. The molecule has 152 valence electrons. The Morgan fingerprint density at radius 1 is 0.862 bits per heavy atom. The van der Waals surface area contributed by atoms with Crippen LogP contribution in [0.2, 0.25) is 5.02 Å². The van der Waals surface area contributed by atoms with Crippen LogP contribution in [-0.4, -0.2) is 7.11 Å². The van der Waals surface area contributed by atoms with Gasteiger partial charge in [0.05, 0.1) is 7.11 Å². The first-order chi connectivity index (χ1) is 14.0. The van der Waals surface area contributed by atoms with Crippen LogP contribution in [0.15, 0.2) is 60.7 Å². The van der Waals surface area contributed by atoms with Crippen LogP contribution in [0.1, 0.15) is 67.7 Å². The van der Waals surface area contributed by atoms with Crippen LogP contribution in [0, 0.1) is 6.92 Å². The molecule has 0 fully saturated rings. The van der Waals surface area contributed by atoms with E-state index in [2.05, 4.69) is 82.3 Å². The summed E-state index contributed by atoms with van der Waals surface area (Å²) in [6.07, 6.45) is 2.36. The lowest BCUT2D eigenvalue weighted by Gasteiger charge is -2.23. The summed E-state index contributed by atoms with van der Waals surface area (Å²) in [5.74, 6) is 1.63. The van der Waals surface area contributed by atoms with Crippen LogP contribution in [0.3, 0.4) is 0 Å². The number of benzene rings is 3. The molecule has 3 aromatic rings. The Kier molecular flexibility index (Phi) is 7.03. The fourth-order valence-corrected chi connectivity index (χ4v) is 4.54. The average molecular weight is 407 g/mol. The van der Waals surface area contributed by atoms with Gasteiger partial charge >= 0.3 is 0 Å². The van der Waals surface area contributed by atoms with Crippen LogP contribution in [-0.2, 0) is 0 Å². The van der Waals surface area contributed by atoms with Gasteiger partial charge in [-0.2, -0.15) is 0 Å². The molecule has 0 aliphatic carbocycles. The molecule has 0 saturated heterocycles. The second-order valence-corrected chi connectivity index (χ2v) is 8.36. The number of methoxy groups -OCH3 is 1.